The Morgan fingerprint density at radius 3 is 2.68 bits per heavy atom. The smallest absolute Gasteiger partial charge is 0.188 e. The minimum Gasteiger partial charge on any atom is -0.494 e. The van der Waals surface area contributed by atoms with E-state index in [0.717, 1.165) is 52.2 Å². The van der Waals surface area contributed by atoms with Crippen LogP contribution >= 0.6 is 24.0 Å². The van der Waals surface area contributed by atoms with Crippen LogP contribution in [0.1, 0.15) is 12.8 Å². The summed E-state index contributed by atoms with van der Waals surface area (Å²) >= 11 is 0. The van der Waals surface area contributed by atoms with Gasteiger partial charge in [-0.05, 0) is 37.2 Å². The Labute approximate surface area is 166 Å². The molecule has 0 bridgehead atoms. The molecule has 0 atom stereocenters. The molecule has 1 aliphatic heterocycles. The van der Waals surface area contributed by atoms with Crippen molar-refractivity contribution in [3.63, 3.8) is 0 Å². The normalized spacial score (nSPS) is 15.5. The molecule has 1 aliphatic rings. The van der Waals surface area contributed by atoms with E-state index in [1.165, 1.54) is 12.1 Å². The lowest BCUT2D eigenvalue weighted by Gasteiger charge is -2.26. The van der Waals surface area contributed by atoms with E-state index in [-0.39, 0.29) is 29.8 Å². The monoisotopic (exact) mass is 466 g/mol. The van der Waals surface area contributed by atoms with Gasteiger partial charge in [0.2, 0.25) is 0 Å². The van der Waals surface area contributed by atoms with Crippen molar-refractivity contribution in [3.05, 3.63) is 30.1 Å². The number of nitrogens with zero attached hydrogens (tertiary/aromatic N) is 2. The van der Waals surface area contributed by atoms with E-state index < -0.39 is 0 Å². The molecule has 0 spiro atoms. The first kappa shape index (κ1) is 21.9. The molecule has 6 nitrogen and oxygen atoms in total. The number of rotatable bonds is 9. The third-order valence-corrected chi connectivity index (χ3v) is 3.73. The van der Waals surface area contributed by atoms with E-state index in [2.05, 4.69) is 15.2 Å². The molecule has 1 aromatic rings. The van der Waals surface area contributed by atoms with Gasteiger partial charge in [0.05, 0.1) is 19.8 Å². The van der Waals surface area contributed by atoms with Crippen LogP contribution in [-0.2, 0) is 4.74 Å². The molecule has 3 N–H and O–H groups in total. The fraction of sp³-hybridized carbons (Fsp3) is 0.588. The molecule has 1 fully saturated rings. The van der Waals surface area contributed by atoms with E-state index in [4.69, 9.17) is 15.2 Å². The van der Waals surface area contributed by atoms with Crippen molar-refractivity contribution in [1.29, 1.82) is 0 Å². The van der Waals surface area contributed by atoms with Gasteiger partial charge < -0.3 is 20.5 Å². The van der Waals surface area contributed by atoms with Crippen LogP contribution in [0.4, 0.5) is 4.39 Å². The van der Waals surface area contributed by atoms with Gasteiger partial charge in [0, 0.05) is 32.6 Å². The number of morpholine rings is 1. The molecule has 1 aromatic carbocycles. The maximum Gasteiger partial charge on any atom is 0.188 e. The summed E-state index contributed by atoms with van der Waals surface area (Å²) in [6.45, 7) is 6.68. The standard InChI is InChI=1S/C17H27FN4O2.HI/c18-15-3-5-16(6-4-15)24-12-2-8-21-17(19)20-7-1-9-22-10-13-23-14-11-22;/h3-6H,1-2,7-14H2,(H3,19,20,21);1H. The zero-order valence-electron chi connectivity index (χ0n) is 14.5. The zero-order valence-corrected chi connectivity index (χ0v) is 16.8. The first-order chi connectivity index (χ1) is 11.7. The van der Waals surface area contributed by atoms with E-state index in [1.807, 2.05) is 0 Å². The van der Waals surface area contributed by atoms with Crippen molar-refractivity contribution in [2.75, 3.05) is 52.5 Å². The third kappa shape index (κ3) is 9.81. The van der Waals surface area contributed by atoms with E-state index in [0.29, 0.717) is 24.9 Å². The number of nitrogens with two attached hydrogens (primary N) is 1. The SMILES string of the molecule is I.NC(=NCCCOc1ccc(F)cc1)NCCCN1CCOCC1. The highest BCUT2D eigenvalue weighted by Gasteiger charge is 2.08. The summed E-state index contributed by atoms with van der Waals surface area (Å²) < 4.78 is 23.6. The molecule has 0 unspecified atom stereocenters. The van der Waals surface area contributed by atoms with Gasteiger partial charge in [0.1, 0.15) is 11.6 Å². The molecular formula is C17H28FIN4O2. The summed E-state index contributed by atoms with van der Waals surface area (Å²) in [6, 6.07) is 5.99. The molecular weight excluding hydrogens is 438 g/mol. The van der Waals surface area contributed by atoms with Gasteiger partial charge in [0.15, 0.2) is 5.96 Å². The molecule has 0 aromatic heterocycles. The van der Waals surface area contributed by atoms with Crippen LogP contribution in [-0.4, -0.2) is 63.4 Å². The van der Waals surface area contributed by atoms with Gasteiger partial charge in [-0.3, -0.25) is 9.89 Å². The number of halogens is 2. The van der Waals surface area contributed by atoms with Crippen LogP contribution in [0.25, 0.3) is 0 Å². The number of hydrogen-bond donors (Lipinski definition) is 2. The average Bonchev–Trinajstić information content (AvgIpc) is 2.61. The first-order valence-electron chi connectivity index (χ1n) is 8.46. The average molecular weight is 466 g/mol. The minimum absolute atomic E-state index is 0. The highest BCUT2D eigenvalue weighted by molar-refractivity contribution is 14.0. The van der Waals surface area contributed by atoms with Gasteiger partial charge in [0.25, 0.3) is 0 Å². The topological polar surface area (TPSA) is 72.1 Å². The predicted molar refractivity (Wildman–Crippen MR) is 108 cm³/mol. The Balaban J connectivity index is 0.00000312. The maximum atomic E-state index is 12.7. The van der Waals surface area contributed by atoms with Gasteiger partial charge in [-0.15, -0.1) is 24.0 Å². The quantitative estimate of drug-likeness (QED) is 0.252. The minimum atomic E-state index is -0.264. The second-order valence-electron chi connectivity index (χ2n) is 5.66. The summed E-state index contributed by atoms with van der Waals surface area (Å²) in [5, 5.41) is 3.12. The summed E-state index contributed by atoms with van der Waals surface area (Å²) in [5.41, 5.74) is 5.83. The number of guanidine groups is 1. The van der Waals surface area contributed by atoms with Gasteiger partial charge in [-0.1, -0.05) is 0 Å². The summed E-state index contributed by atoms with van der Waals surface area (Å²) in [4.78, 5) is 6.66. The van der Waals surface area contributed by atoms with Crippen molar-refractivity contribution in [2.45, 2.75) is 12.8 Å². The Morgan fingerprint density at radius 1 is 1.24 bits per heavy atom. The summed E-state index contributed by atoms with van der Waals surface area (Å²) in [5.74, 6) is 0.868. The second kappa shape index (κ2) is 13.1. The molecule has 2 rings (SSSR count). The third-order valence-electron chi connectivity index (χ3n) is 3.73. The van der Waals surface area contributed by atoms with E-state index >= 15 is 0 Å². The maximum absolute atomic E-state index is 12.7. The van der Waals surface area contributed by atoms with E-state index in [9.17, 15) is 4.39 Å². The molecule has 0 radical (unpaired) electrons. The zero-order chi connectivity index (χ0) is 17.0. The van der Waals surface area contributed by atoms with Crippen LogP contribution in [0.2, 0.25) is 0 Å². The van der Waals surface area contributed by atoms with Crippen LogP contribution in [0, 0.1) is 5.82 Å². The molecule has 0 saturated carbocycles. The predicted octanol–water partition coefficient (Wildman–Crippen LogP) is 1.84. The molecule has 1 saturated heterocycles. The fourth-order valence-corrected chi connectivity index (χ4v) is 2.38. The number of hydrogen-bond acceptors (Lipinski definition) is 4. The molecule has 142 valence electrons. The molecule has 0 aliphatic carbocycles. The summed E-state index contributed by atoms with van der Waals surface area (Å²) in [6.07, 6.45) is 1.79. The van der Waals surface area contributed by atoms with Gasteiger partial charge in [-0.25, -0.2) is 4.39 Å². The highest BCUT2D eigenvalue weighted by Crippen LogP contribution is 2.11. The van der Waals surface area contributed by atoms with Crippen LogP contribution in [0.5, 0.6) is 5.75 Å². The Hall–Kier alpha value is -1.13. The lowest BCUT2D eigenvalue weighted by molar-refractivity contribution is 0.0376. The molecule has 1 heterocycles. The number of nitrogens with one attached hydrogen (secondary N) is 1. The Bertz CT molecular complexity index is 496. The summed E-state index contributed by atoms with van der Waals surface area (Å²) in [7, 11) is 0. The van der Waals surface area contributed by atoms with Crippen molar-refractivity contribution in [1.82, 2.24) is 10.2 Å². The van der Waals surface area contributed by atoms with Crippen LogP contribution < -0.4 is 15.8 Å². The fourth-order valence-electron chi connectivity index (χ4n) is 2.38. The lowest BCUT2D eigenvalue weighted by Crippen LogP contribution is -2.39. The van der Waals surface area contributed by atoms with E-state index in [1.54, 1.807) is 12.1 Å². The van der Waals surface area contributed by atoms with Crippen LogP contribution in [0.15, 0.2) is 29.3 Å². The van der Waals surface area contributed by atoms with Crippen molar-refractivity contribution in [3.8, 4) is 5.75 Å². The number of benzene rings is 1. The largest absolute Gasteiger partial charge is 0.494 e. The molecule has 0 amide bonds. The van der Waals surface area contributed by atoms with Gasteiger partial charge >= 0.3 is 0 Å². The van der Waals surface area contributed by atoms with Crippen molar-refractivity contribution >= 4 is 29.9 Å². The molecule has 8 heteroatoms. The number of ether oxygens (including phenoxy) is 2. The highest BCUT2D eigenvalue weighted by atomic mass is 127. The second-order valence-corrected chi connectivity index (χ2v) is 5.66. The van der Waals surface area contributed by atoms with Gasteiger partial charge in [-0.2, -0.15) is 0 Å². The van der Waals surface area contributed by atoms with Crippen LogP contribution in [0.3, 0.4) is 0 Å². The van der Waals surface area contributed by atoms with Crippen molar-refractivity contribution < 1.29 is 13.9 Å². The Kier molecular flexibility index (Phi) is 11.5. The van der Waals surface area contributed by atoms with Crippen molar-refractivity contribution in [2.24, 2.45) is 10.7 Å². The Morgan fingerprint density at radius 2 is 1.96 bits per heavy atom. The number of aliphatic imine (C=N–C) groups is 1. The molecule has 25 heavy (non-hydrogen) atoms. The first-order valence-corrected chi connectivity index (χ1v) is 8.46. The lowest BCUT2D eigenvalue weighted by atomic mass is 10.3.